The zero-order valence-electron chi connectivity index (χ0n) is 13.8. The van der Waals surface area contributed by atoms with Gasteiger partial charge in [-0.2, -0.15) is 13.2 Å². The number of halogens is 3. The Bertz CT molecular complexity index is 624. The van der Waals surface area contributed by atoms with Crippen LogP contribution in [0, 0.1) is 0 Å². The number of nitrogens with zero attached hydrogens (tertiary/aromatic N) is 1. The highest BCUT2D eigenvalue weighted by Gasteiger charge is 2.33. The topological polar surface area (TPSA) is 82.0 Å². The minimum Gasteiger partial charge on any atom is -0.497 e. The molecule has 0 spiro atoms. The molecule has 6 nitrogen and oxygen atoms in total. The van der Waals surface area contributed by atoms with Crippen LogP contribution >= 0.6 is 0 Å². The van der Waals surface area contributed by atoms with Gasteiger partial charge in [-0.3, -0.25) is 0 Å². The molecule has 1 heterocycles. The van der Waals surface area contributed by atoms with E-state index in [0.717, 1.165) is 12.1 Å². The summed E-state index contributed by atoms with van der Waals surface area (Å²) >= 11 is 0. The van der Waals surface area contributed by atoms with Crippen molar-refractivity contribution < 1.29 is 32.9 Å². The van der Waals surface area contributed by atoms with Gasteiger partial charge in [-0.05, 0) is 31.4 Å². The van der Waals surface area contributed by atoms with Crippen molar-refractivity contribution in [3.05, 3.63) is 23.8 Å². The molecule has 1 aliphatic heterocycles. The number of hydrogen-bond donors (Lipinski definition) is 3. The Balaban J connectivity index is 2.12. The van der Waals surface area contributed by atoms with E-state index < -0.39 is 30.0 Å². The standard InChI is InChI=1S/C16H21F3N2O4/c1-25-13-8-11(16(17,18)19)7-12(9-13)20-14(23)21-5-2-3-15(24,10-22)4-6-21/h7-9,22,24H,2-6,10H2,1H3,(H,20,23)/t15-/m1/s1. The molecule has 1 aromatic carbocycles. The molecule has 25 heavy (non-hydrogen) atoms. The molecule has 1 saturated heterocycles. The monoisotopic (exact) mass is 362 g/mol. The maximum absolute atomic E-state index is 12.9. The minimum atomic E-state index is -4.56. The first-order chi connectivity index (χ1) is 11.7. The van der Waals surface area contributed by atoms with Crippen LogP contribution in [0.25, 0.3) is 0 Å². The summed E-state index contributed by atoms with van der Waals surface area (Å²) < 4.78 is 43.6. The van der Waals surface area contributed by atoms with Gasteiger partial charge in [-0.15, -0.1) is 0 Å². The zero-order valence-corrected chi connectivity index (χ0v) is 13.8. The molecule has 0 aliphatic carbocycles. The number of urea groups is 1. The maximum atomic E-state index is 12.9. The van der Waals surface area contributed by atoms with Crippen LogP contribution in [0.2, 0.25) is 0 Å². The normalized spacial score (nSPS) is 21.6. The summed E-state index contributed by atoms with van der Waals surface area (Å²) in [5.74, 6) is -0.0179. The van der Waals surface area contributed by atoms with E-state index in [9.17, 15) is 28.2 Å². The van der Waals surface area contributed by atoms with Crippen LogP contribution in [0.1, 0.15) is 24.8 Å². The summed E-state index contributed by atoms with van der Waals surface area (Å²) in [6, 6.07) is 2.42. The molecule has 0 radical (unpaired) electrons. The van der Waals surface area contributed by atoms with Gasteiger partial charge >= 0.3 is 12.2 Å². The predicted octanol–water partition coefficient (Wildman–Crippen LogP) is 2.46. The molecule has 0 bridgehead atoms. The second kappa shape index (κ2) is 7.49. The molecule has 2 amide bonds. The Hall–Kier alpha value is -2.00. The lowest BCUT2D eigenvalue weighted by Crippen LogP contribution is -2.38. The van der Waals surface area contributed by atoms with Gasteiger partial charge in [0.05, 0.1) is 24.9 Å². The van der Waals surface area contributed by atoms with Gasteiger partial charge in [0.2, 0.25) is 0 Å². The van der Waals surface area contributed by atoms with Gasteiger partial charge in [0.25, 0.3) is 0 Å². The molecule has 2 rings (SSSR count). The van der Waals surface area contributed by atoms with Crippen molar-refractivity contribution in [1.82, 2.24) is 4.90 Å². The summed E-state index contributed by atoms with van der Waals surface area (Å²) in [4.78, 5) is 13.7. The van der Waals surface area contributed by atoms with E-state index in [2.05, 4.69) is 5.32 Å². The second-order valence-electron chi connectivity index (χ2n) is 6.10. The SMILES string of the molecule is COc1cc(NC(=O)N2CCC[C@](O)(CO)CC2)cc(C(F)(F)F)c1. The summed E-state index contributed by atoms with van der Waals surface area (Å²) in [5.41, 5.74) is -2.18. The summed E-state index contributed by atoms with van der Waals surface area (Å²) in [7, 11) is 1.24. The lowest BCUT2D eigenvalue weighted by molar-refractivity contribution is -0.137. The molecule has 0 saturated carbocycles. The van der Waals surface area contributed by atoms with Gasteiger partial charge in [0.1, 0.15) is 5.75 Å². The number of rotatable bonds is 3. The molecule has 0 unspecified atom stereocenters. The van der Waals surface area contributed by atoms with Crippen LogP contribution < -0.4 is 10.1 Å². The van der Waals surface area contributed by atoms with E-state index in [0.29, 0.717) is 19.4 Å². The zero-order chi connectivity index (χ0) is 18.7. The van der Waals surface area contributed by atoms with Crippen molar-refractivity contribution in [3.63, 3.8) is 0 Å². The first-order valence-electron chi connectivity index (χ1n) is 7.82. The van der Waals surface area contributed by atoms with E-state index in [-0.39, 0.29) is 24.4 Å². The minimum absolute atomic E-state index is 0.0179. The quantitative estimate of drug-likeness (QED) is 0.772. The van der Waals surface area contributed by atoms with Gasteiger partial charge in [0, 0.05) is 24.8 Å². The number of nitrogens with one attached hydrogen (secondary N) is 1. The van der Waals surface area contributed by atoms with Crippen LogP contribution in [-0.2, 0) is 6.18 Å². The number of benzene rings is 1. The van der Waals surface area contributed by atoms with E-state index in [4.69, 9.17) is 4.74 Å². The number of ether oxygens (including phenoxy) is 1. The van der Waals surface area contributed by atoms with Crippen molar-refractivity contribution in [2.45, 2.75) is 31.0 Å². The number of likely N-dealkylation sites (tertiary alicyclic amines) is 1. The number of hydrogen-bond acceptors (Lipinski definition) is 4. The summed E-state index contributed by atoms with van der Waals surface area (Å²) in [5, 5.41) is 21.7. The molecule has 1 atom stereocenters. The highest BCUT2D eigenvalue weighted by Crippen LogP contribution is 2.34. The molecular weight excluding hydrogens is 341 g/mol. The van der Waals surface area contributed by atoms with Gasteiger partial charge in [0.15, 0.2) is 0 Å². The third-order valence-electron chi connectivity index (χ3n) is 4.22. The summed E-state index contributed by atoms with van der Waals surface area (Å²) in [6.45, 7) is 0.135. The van der Waals surface area contributed by atoms with Gasteiger partial charge in [-0.1, -0.05) is 0 Å². The number of carbonyl (C=O) groups excluding carboxylic acids is 1. The lowest BCUT2D eigenvalue weighted by Gasteiger charge is -2.24. The number of aliphatic hydroxyl groups is 2. The third kappa shape index (κ3) is 4.99. The van der Waals surface area contributed by atoms with Crippen LogP contribution in [0.15, 0.2) is 18.2 Å². The predicted molar refractivity (Wildman–Crippen MR) is 84.5 cm³/mol. The van der Waals surface area contributed by atoms with E-state index in [1.54, 1.807) is 0 Å². The van der Waals surface area contributed by atoms with Crippen molar-refractivity contribution in [2.75, 3.05) is 32.1 Å². The van der Waals surface area contributed by atoms with Gasteiger partial charge in [-0.25, -0.2) is 4.79 Å². The number of aliphatic hydroxyl groups excluding tert-OH is 1. The fraction of sp³-hybridized carbons (Fsp3) is 0.562. The Morgan fingerprint density at radius 1 is 1.32 bits per heavy atom. The smallest absolute Gasteiger partial charge is 0.416 e. The Kier molecular flexibility index (Phi) is 5.79. The van der Waals surface area contributed by atoms with Crippen molar-refractivity contribution in [1.29, 1.82) is 0 Å². The molecule has 0 aromatic heterocycles. The van der Waals surface area contributed by atoms with Gasteiger partial charge < -0.3 is 25.2 Å². The lowest BCUT2D eigenvalue weighted by atomic mass is 9.96. The number of methoxy groups -OCH3 is 1. The van der Waals surface area contributed by atoms with Crippen LogP contribution in [0.5, 0.6) is 5.75 Å². The number of amides is 2. The Labute approximate surface area is 143 Å². The molecule has 1 aromatic rings. The van der Waals surface area contributed by atoms with Crippen molar-refractivity contribution in [2.24, 2.45) is 0 Å². The largest absolute Gasteiger partial charge is 0.497 e. The fourth-order valence-corrected chi connectivity index (χ4v) is 2.70. The average molecular weight is 362 g/mol. The number of carbonyl (C=O) groups is 1. The van der Waals surface area contributed by atoms with Crippen LogP contribution in [0.3, 0.4) is 0 Å². The maximum Gasteiger partial charge on any atom is 0.416 e. The molecule has 3 N–H and O–H groups in total. The van der Waals surface area contributed by atoms with Crippen LogP contribution in [0.4, 0.5) is 23.7 Å². The number of anilines is 1. The van der Waals surface area contributed by atoms with Crippen molar-refractivity contribution in [3.8, 4) is 5.75 Å². The van der Waals surface area contributed by atoms with Crippen LogP contribution in [-0.4, -0.2) is 53.6 Å². The Morgan fingerprint density at radius 3 is 2.64 bits per heavy atom. The first kappa shape index (κ1) is 19.3. The molecule has 1 aliphatic rings. The molecule has 140 valence electrons. The van der Waals surface area contributed by atoms with E-state index in [1.807, 2.05) is 0 Å². The van der Waals surface area contributed by atoms with E-state index in [1.165, 1.54) is 18.1 Å². The van der Waals surface area contributed by atoms with Crippen molar-refractivity contribution >= 4 is 11.7 Å². The second-order valence-corrected chi connectivity index (χ2v) is 6.10. The summed E-state index contributed by atoms with van der Waals surface area (Å²) in [6.07, 6.45) is -3.53. The van der Waals surface area contributed by atoms with E-state index >= 15 is 0 Å². The molecular formula is C16H21F3N2O4. The highest BCUT2D eigenvalue weighted by atomic mass is 19.4. The average Bonchev–Trinajstić information content (AvgIpc) is 2.76. The fourth-order valence-electron chi connectivity index (χ4n) is 2.70. The third-order valence-corrected chi connectivity index (χ3v) is 4.22. The molecule has 9 heteroatoms. The Morgan fingerprint density at radius 2 is 2.04 bits per heavy atom. The highest BCUT2D eigenvalue weighted by molar-refractivity contribution is 5.89. The number of alkyl halides is 3. The molecule has 1 fully saturated rings. The first-order valence-corrected chi connectivity index (χ1v) is 7.82.